The summed E-state index contributed by atoms with van der Waals surface area (Å²) in [7, 11) is 0. The number of benzene rings is 1. The Morgan fingerprint density at radius 2 is 1.88 bits per heavy atom. The maximum Gasteiger partial charge on any atom is 0.269 e. The third-order valence-corrected chi connectivity index (χ3v) is 2.39. The molecule has 0 radical (unpaired) electrons. The maximum atomic E-state index is 10.5. The molecule has 1 N–H and O–H groups in total. The summed E-state index contributed by atoms with van der Waals surface area (Å²) in [5.74, 6) is 0. The van der Waals surface area contributed by atoms with Gasteiger partial charge in [-0.25, -0.2) is 0 Å². The van der Waals surface area contributed by atoms with E-state index in [-0.39, 0.29) is 5.69 Å². The van der Waals surface area contributed by atoms with Crippen LogP contribution in [0.4, 0.5) is 5.69 Å². The van der Waals surface area contributed by atoms with Crippen molar-refractivity contribution >= 4 is 5.69 Å². The molecule has 17 heavy (non-hydrogen) atoms. The van der Waals surface area contributed by atoms with Gasteiger partial charge in [0.2, 0.25) is 0 Å². The van der Waals surface area contributed by atoms with Crippen LogP contribution < -0.4 is 0 Å². The number of hydrogen-bond donors (Lipinski definition) is 1. The third kappa shape index (κ3) is 2.46. The molecule has 5 nitrogen and oxygen atoms in total. The topological polar surface area (TPSA) is 76.3 Å². The Hall–Kier alpha value is -2.27. The number of aromatic nitrogens is 1. The molecule has 0 bridgehead atoms. The number of hydrogen-bond acceptors (Lipinski definition) is 4. The van der Waals surface area contributed by atoms with E-state index in [0.717, 1.165) is 0 Å². The van der Waals surface area contributed by atoms with Crippen LogP contribution in [0.1, 0.15) is 17.4 Å². The Kier molecular flexibility index (Phi) is 3.11. The van der Waals surface area contributed by atoms with E-state index in [2.05, 4.69) is 4.98 Å². The predicted octanol–water partition coefficient (Wildman–Crippen LogP) is 2.07. The lowest BCUT2D eigenvalue weighted by molar-refractivity contribution is -0.384. The van der Waals surface area contributed by atoms with E-state index in [1.807, 2.05) is 0 Å². The fourth-order valence-corrected chi connectivity index (χ4v) is 1.49. The highest BCUT2D eigenvalue weighted by atomic mass is 16.6. The number of aliphatic hydroxyl groups excluding tert-OH is 1. The first-order valence-electron chi connectivity index (χ1n) is 5.02. The highest BCUT2D eigenvalue weighted by molar-refractivity contribution is 5.35. The van der Waals surface area contributed by atoms with E-state index in [1.165, 1.54) is 24.3 Å². The van der Waals surface area contributed by atoms with Gasteiger partial charge in [0.15, 0.2) is 0 Å². The van der Waals surface area contributed by atoms with Crippen molar-refractivity contribution in [3.63, 3.8) is 0 Å². The molecule has 1 unspecified atom stereocenters. The molecule has 0 aliphatic rings. The van der Waals surface area contributed by atoms with E-state index >= 15 is 0 Å². The molecule has 0 aliphatic carbocycles. The van der Waals surface area contributed by atoms with Crippen molar-refractivity contribution < 1.29 is 10.0 Å². The molecule has 1 aromatic heterocycles. The molecule has 5 heteroatoms. The second kappa shape index (κ2) is 4.71. The third-order valence-electron chi connectivity index (χ3n) is 2.39. The Bertz CT molecular complexity index is 511. The van der Waals surface area contributed by atoms with Crippen molar-refractivity contribution in [3.8, 4) is 0 Å². The van der Waals surface area contributed by atoms with Gasteiger partial charge in [-0.05, 0) is 29.8 Å². The minimum absolute atomic E-state index is 0.00182. The average Bonchev–Trinajstić information content (AvgIpc) is 2.39. The van der Waals surface area contributed by atoms with Crippen LogP contribution in [-0.4, -0.2) is 15.0 Å². The molecule has 0 saturated heterocycles. The van der Waals surface area contributed by atoms with Crippen LogP contribution in [0.3, 0.4) is 0 Å². The van der Waals surface area contributed by atoms with Gasteiger partial charge >= 0.3 is 0 Å². The lowest BCUT2D eigenvalue weighted by Gasteiger charge is -2.09. The van der Waals surface area contributed by atoms with E-state index in [0.29, 0.717) is 11.3 Å². The number of rotatable bonds is 3. The van der Waals surface area contributed by atoms with Gasteiger partial charge in [-0.1, -0.05) is 6.07 Å². The quantitative estimate of drug-likeness (QED) is 0.646. The number of non-ortho nitro benzene ring substituents is 1. The van der Waals surface area contributed by atoms with Gasteiger partial charge in [-0.3, -0.25) is 15.1 Å². The van der Waals surface area contributed by atoms with Crippen LogP contribution in [0.5, 0.6) is 0 Å². The Balaban J connectivity index is 2.26. The van der Waals surface area contributed by atoms with Crippen LogP contribution in [-0.2, 0) is 0 Å². The average molecular weight is 230 g/mol. The van der Waals surface area contributed by atoms with Gasteiger partial charge in [-0.2, -0.15) is 0 Å². The number of nitrogens with zero attached hydrogens (tertiary/aromatic N) is 2. The van der Waals surface area contributed by atoms with Crippen LogP contribution in [0.2, 0.25) is 0 Å². The summed E-state index contributed by atoms with van der Waals surface area (Å²) in [5, 5.41) is 20.5. The van der Waals surface area contributed by atoms with Crippen LogP contribution in [0, 0.1) is 10.1 Å². The second-order valence-corrected chi connectivity index (χ2v) is 3.51. The fourth-order valence-electron chi connectivity index (χ4n) is 1.49. The Morgan fingerprint density at radius 3 is 2.41 bits per heavy atom. The summed E-state index contributed by atoms with van der Waals surface area (Å²) < 4.78 is 0. The van der Waals surface area contributed by atoms with Crippen molar-refractivity contribution in [2.45, 2.75) is 6.10 Å². The minimum atomic E-state index is -0.864. The first-order valence-corrected chi connectivity index (χ1v) is 5.02. The zero-order chi connectivity index (χ0) is 12.3. The smallest absolute Gasteiger partial charge is 0.269 e. The second-order valence-electron chi connectivity index (χ2n) is 3.51. The summed E-state index contributed by atoms with van der Waals surface area (Å²) >= 11 is 0. The first kappa shape index (κ1) is 11.2. The van der Waals surface area contributed by atoms with Gasteiger partial charge < -0.3 is 5.11 Å². The van der Waals surface area contributed by atoms with Gasteiger partial charge in [0.25, 0.3) is 5.69 Å². The summed E-state index contributed by atoms with van der Waals surface area (Å²) in [6.45, 7) is 0. The molecule has 1 heterocycles. The van der Waals surface area contributed by atoms with Crippen molar-refractivity contribution in [1.82, 2.24) is 4.98 Å². The number of nitro benzene ring substituents is 1. The van der Waals surface area contributed by atoms with Crippen molar-refractivity contribution in [2.24, 2.45) is 0 Å². The first-order chi connectivity index (χ1) is 8.18. The van der Waals surface area contributed by atoms with Gasteiger partial charge in [0, 0.05) is 18.3 Å². The zero-order valence-corrected chi connectivity index (χ0v) is 8.85. The summed E-state index contributed by atoms with van der Waals surface area (Å²) in [5.41, 5.74) is 1.10. The molecule has 0 amide bonds. The summed E-state index contributed by atoms with van der Waals surface area (Å²) in [6.07, 6.45) is 0.723. The van der Waals surface area contributed by atoms with E-state index in [1.54, 1.807) is 24.4 Å². The molecule has 2 rings (SSSR count). The normalized spacial score (nSPS) is 12.1. The van der Waals surface area contributed by atoms with E-state index < -0.39 is 11.0 Å². The van der Waals surface area contributed by atoms with E-state index in [4.69, 9.17) is 0 Å². The molecule has 0 saturated carbocycles. The monoisotopic (exact) mass is 230 g/mol. The molecular formula is C12H10N2O3. The van der Waals surface area contributed by atoms with Gasteiger partial charge in [-0.15, -0.1) is 0 Å². The highest BCUT2D eigenvalue weighted by Gasteiger charge is 2.12. The van der Waals surface area contributed by atoms with E-state index in [9.17, 15) is 15.2 Å². The summed E-state index contributed by atoms with van der Waals surface area (Å²) in [4.78, 5) is 14.0. The van der Waals surface area contributed by atoms with Crippen LogP contribution in [0.25, 0.3) is 0 Å². The fraction of sp³-hybridized carbons (Fsp3) is 0.0833. The number of pyridine rings is 1. The molecule has 86 valence electrons. The number of nitro groups is 1. The molecule has 2 aromatic rings. The van der Waals surface area contributed by atoms with Gasteiger partial charge in [0.1, 0.15) is 6.10 Å². The molecule has 0 fully saturated rings. The van der Waals surface area contributed by atoms with Crippen molar-refractivity contribution in [3.05, 3.63) is 70.0 Å². The Morgan fingerprint density at radius 1 is 1.18 bits per heavy atom. The van der Waals surface area contributed by atoms with Crippen LogP contribution in [0.15, 0.2) is 48.7 Å². The van der Waals surface area contributed by atoms with Crippen molar-refractivity contribution in [1.29, 1.82) is 0 Å². The van der Waals surface area contributed by atoms with Crippen molar-refractivity contribution in [2.75, 3.05) is 0 Å². The lowest BCUT2D eigenvalue weighted by atomic mass is 10.1. The standard InChI is InChI=1S/C12H10N2O3/c15-12(11-3-1-2-8-13-11)9-4-6-10(7-5-9)14(16)17/h1-8,12,15H. The summed E-state index contributed by atoms with van der Waals surface area (Å²) in [6, 6.07) is 11.0. The SMILES string of the molecule is O=[N+]([O-])c1ccc(C(O)c2ccccn2)cc1. The lowest BCUT2D eigenvalue weighted by Crippen LogP contribution is -2.01. The van der Waals surface area contributed by atoms with Gasteiger partial charge in [0.05, 0.1) is 10.6 Å². The Labute approximate surface area is 97.5 Å². The minimum Gasteiger partial charge on any atom is -0.382 e. The largest absolute Gasteiger partial charge is 0.382 e. The maximum absolute atomic E-state index is 10.5. The molecule has 1 aromatic carbocycles. The highest BCUT2D eigenvalue weighted by Crippen LogP contribution is 2.22. The zero-order valence-electron chi connectivity index (χ0n) is 8.85. The molecule has 1 atom stereocenters. The predicted molar refractivity (Wildman–Crippen MR) is 61.4 cm³/mol. The molecule has 0 aliphatic heterocycles. The molecular weight excluding hydrogens is 220 g/mol. The number of aliphatic hydroxyl groups is 1. The molecule has 0 spiro atoms. The van der Waals surface area contributed by atoms with Crippen LogP contribution >= 0.6 is 0 Å².